The van der Waals surface area contributed by atoms with E-state index in [0.717, 1.165) is 25.1 Å². The number of hydrogen-bond acceptors (Lipinski definition) is 2. The second kappa shape index (κ2) is 5.17. The first-order valence-electron chi connectivity index (χ1n) is 5.88. The predicted molar refractivity (Wildman–Crippen MR) is 66.8 cm³/mol. The number of benzene rings is 1. The molecular weight excluding hydrogens is 198 g/mol. The van der Waals surface area contributed by atoms with E-state index in [4.69, 9.17) is 4.74 Å². The Kier molecular flexibility index (Phi) is 3.62. The maximum Gasteiger partial charge on any atom is 0.123 e. The van der Waals surface area contributed by atoms with Crippen molar-refractivity contribution in [1.82, 2.24) is 5.32 Å². The molecule has 0 spiro atoms. The molecule has 2 nitrogen and oxygen atoms in total. The minimum Gasteiger partial charge on any atom is -0.488 e. The molecule has 2 atom stereocenters. The van der Waals surface area contributed by atoms with Gasteiger partial charge in [-0.1, -0.05) is 24.3 Å². The average molecular weight is 217 g/mol. The van der Waals surface area contributed by atoms with Crippen molar-refractivity contribution in [3.05, 3.63) is 42.5 Å². The Hall–Kier alpha value is -1.28. The van der Waals surface area contributed by atoms with Gasteiger partial charge in [-0.15, -0.1) is 6.58 Å². The molecule has 0 amide bonds. The molecule has 0 bridgehead atoms. The van der Waals surface area contributed by atoms with Crippen molar-refractivity contribution in [2.45, 2.75) is 31.9 Å². The molecule has 0 radical (unpaired) electrons. The first-order valence-corrected chi connectivity index (χ1v) is 5.88. The number of rotatable bonds is 5. The molecule has 1 aliphatic heterocycles. The topological polar surface area (TPSA) is 21.3 Å². The fraction of sp³-hybridized carbons (Fsp3) is 0.429. The molecule has 86 valence electrons. The Balaban J connectivity index is 1.81. The zero-order chi connectivity index (χ0) is 11.4. The Morgan fingerprint density at radius 3 is 3.12 bits per heavy atom. The molecule has 0 saturated carbocycles. The highest BCUT2D eigenvalue weighted by atomic mass is 16.5. The minimum atomic E-state index is 0.282. The Bertz CT molecular complexity index is 337. The summed E-state index contributed by atoms with van der Waals surface area (Å²) >= 11 is 0. The van der Waals surface area contributed by atoms with E-state index in [-0.39, 0.29) is 6.10 Å². The first kappa shape index (κ1) is 11.2. The highest BCUT2D eigenvalue weighted by Gasteiger charge is 2.21. The molecule has 0 saturated heterocycles. The third kappa shape index (κ3) is 2.64. The SMILES string of the molecule is C=CCC(C)NCC1Cc2ccccc2O1. The van der Waals surface area contributed by atoms with Crippen molar-refractivity contribution in [3.63, 3.8) is 0 Å². The molecule has 2 unspecified atom stereocenters. The summed E-state index contributed by atoms with van der Waals surface area (Å²) in [7, 11) is 0. The van der Waals surface area contributed by atoms with E-state index in [9.17, 15) is 0 Å². The van der Waals surface area contributed by atoms with Gasteiger partial charge in [-0.3, -0.25) is 0 Å². The maximum atomic E-state index is 5.85. The van der Waals surface area contributed by atoms with Crippen molar-refractivity contribution in [1.29, 1.82) is 0 Å². The third-order valence-electron chi connectivity index (χ3n) is 2.93. The number of para-hydroxylation sites is 1. The lowest BCUT2D eigenvalue weighted by atomic mass is 10.1. The molecule has 1 aliphatic rings. The molecular formula is C14H19NO. The summed E-state index contributed by atoms with van der Waals surface area (Å²) in [6.45, 7) is 6.82. The van der Waals surface area contributed by atoms with Crippen LogP contribution in [0, 0.1) is 0 Å². The molecule has 16 heavy (non-hydrogen) atoms. The van der Waals surface area contributed by atoms with Gasteiger partial charge in [0.15, 0.2) is 0 Å². The summed E-state index contributed by atoms with van der Waals surface area (Å²) in [6.07, 6.45) is 4.25. The van der Waals surface area contributed by atoms with E-state index >= 15 is 0 Å². The number of fused-ring (bicyclic) bond motifs is 1. The molecule has 0 aliphatic carbocycles. The number of nitrogens with one attached hydrogen (secondary N) is 1. The largest absolute Gasteiger partial charge is 0.488 e. The Labute approximate surface area is 97.3 Å². The van der Waals surface area contributed by atoms with Gasteiger partial charge in [0.2, 0.25) is 0 Å². The summed E-state index contributed by atoms with van der Waals surface area (Å²) in [5.41, 5.74) is 1.32. The summed E-state index contributed by atoms with van der Waals surface area (Å²) in [5.74, 6) is 1.05. The Morgan fingerprint density at radius 2 is 2.38 bits per heavy atom. The van der Waals surface area contributed by atoms with E-state index < -0.39 is 0 Å². The normalized spacial score (nSPS) is 19.9. The predicted octanol–water partition coefficient (Wildman–Crippen LogP) is 2.54. The van der Waals surface area contributed by atoms with E-state index in [0.29, 0.717) is 6.04 Å². The average Bonchev–Trinajstić information content (AvgIpc) is 2.69. The van der Waals surface area contributed by atoms with Gasteiger partial charge in [-0.25, -0.2) is 0 Å². The van der Waals surface area contributed by atoms with Crippen LogP contribution in [0.25, 0.3) is 0 Å². The monoisotopic (exact) mass is 217 g/mol. The van der Waals surface area contributed by atoms with Gasteiger partial charge in [0, 0.05) is 19.0 Å². The second-order valence-electron chi connectivity index (χ2n) is 4.39. The van der Waals surface area contributed by atoms with Gasteiger partial charge < -0.3 is 10.1 Å². The smallest absolute Gasteiger partial charge is 0.123 e. The summed E-state index contributed by atoms with van der Waals surface area (Å²) in [5, 5.41) is 3.46. The molecule has 2 rings (SSSR count). The zero-order valence-electron chi connectivity index (χ0n) is 9.78. The van der Waals surface area contributed by atoms with Crippen molar-refractivity contribution in [2.24, 2.45) is 0 Å². The van der Waals surface area contributed by atoms with Crippen LogP contribution in [0.1, 0.15) is 18.9 Å². The molecule has 1 N–H and O–H groups in total. The van der Waals surface area contributed by atoms with Crippen LogP contribution in [0.5, 0.6) is 5.75 Å². The van der Waals surface area contributed by atoms with Gasteiger partial charge in [-0.05, 0) is 25.0 Å². The van der Waals surface area contributed by atoms with Crippen LogP contribution < -0.4 is 10.1 Å². The van der Waals surface area contributed by atoms with E-state index in [2.05, 4.69) is 31.0 Å². The van der Waals surface area contributed by atoms with Crippen molar-refractivity contribution >= 4 is 0 Å². The highest BCUT2D eigenvalue weighted by Crippen LogP contribution is 2.27. The van der Waals surface area contributed by atoms with Gasteiger partial charge in [0.05, 0.1) is 0 Å². The maximum absolute atomic E-state index is 5.85. The second-order valence-corrected chi connectivity index (χ2v) is 4.39. The van der Waals surface area contributed by atoms with Crippen molar-refractivity contribution < 1.29 is 4.74 Å². The number of hydrogen-bond donors (Lipinski definition) is 1. The van der Waals surface area contributed by atoms with Crippen LogP contribution in [0.15, 0.2) is 36.9 Å². The van der Waals surface area contributed by atoms with Gasteiger partial charge in [0.25, 0.3) is 0 Å². The fourth-order valence-electron chi connectivity index (χ4n) is 2.03. The quantitative estimate of drug-likeness (QED) is 0.765. The molecule has 1 heterocycles. The van der Waals surface area contributed by atoms with Gasteiger partial charge in [0.1, 0.15) is 11.9 Å². The lowest BCUT2D eigenvalue weighted by Crippen LogP contribution is -2.35. The van der Waals surface area contributed by atoms with Crippen molar-refractivity contribution in [2.75, 3.05) is 6.54 Å². The highest BCUT2D eigenvalue weighted by molar-refractivity contribution is 5.37. The molecule has 2 heteroatoms. The van der Waals surface area contributed by atoms with Gasteiger partial charge >= 0.3 is 0 Å². The lowest BCUT2D eigenvalue weighted by Gasteiger charge is -2.15. The molecule has 0 aromatic heterocycles. The Morgan fingerprint density at radius 1 is 1.56 bits per heavy atom. The zero-order valence-corrected chi connectivity index (χ0v) is 9.78. The van der Waals surface area contributed by atoms with Crippen LogP contribution in [0.2, 0.25) is 0 Å². The molecule has 1 aromatic carbocycles. The van der Waals surface area contributed by atoms with Crippen LogP contribution in [-0.4, -0.2) is 18.7 Å². The van der Waals surface area contributed by atoms with Crippen LogP contribution >= 0.6 is 0 Å². The summed E-state index contributed by atoms with van der Waals surface area (Å²) < 4.78 is 5.85. The third-order valence-corrected chi connectivity index (χ3v) is 2.93. The molecule has 0 fully saturated rings. The van der Waals surface area contributed by atoms with Crippen LogP contribution in [0.3, 0.4) is 0 Å². The van der Waals surface area contributed by atoms with E-state index in [1.54, 1.807) is 0 Å². The standard InChI is InChI=1S/C14H19NO/c1-3-6-11(2)15-10-13-9-12-7-4-5-8-14(12)16-13/h3-5,7-8,11,13,15H,1,6,9-10H2,2H3. The molecule has 1 aromatic rings. The van der Waals surface area contributed by atoms with E-state index in [1.165, 1.54) is 5.56 Å². The lowest BCUT2D eigenvalue weighted by molar-refractivity contribution is 0.222. The minimum absolute atomic E-state index is 0.282. The van der Waals surface area contributed by atoms with Crippen LogP contribution in [0.4, 0.5) is 0 Å². The number of ether oxygens (including phenoxy) is 1. The summed E-state index contributed by atoms with van der Waals surface area (Å²) in [4.78, 5) is 0. The fourth-order valence-corrected chi connectivity index (χ4v) is 2.03. The van der Waals surface area contributed by atoms with E-state index in [1.807, 2.05) is 18.2 Å². The van der Waals surface area contributed by atoms with Gasteiger partial charge in [-0.2, -0.15) is 0 Å². The van der Waals surface area contributed by atoms with Crippen molar-refractivity contribution in [3.8, 4) is 5.75 Å². The summed E-state index contributed by atoms with van der Waals surface area (Å²) in [6, 6.07) is 8.75. The van der Waals surface area contributed by atoms with Crippen LogP contribution in [-0.2, 0) is 6.42 Å². The first-order chi connectivity index (χ1) is 7.79.